The third-order valence-corrected chi connectivity index (χ3v) is 7.83. The molecule has 0 saturated heterocycles. The van der Waals surface area contributed by atoms with Crippen molar-refractivity contribution in [3.8, 4) is 0 Å². The second kappa shape index (κ2) is 10.2. The Morgan fingerprint density at radius 3 is 2.51 bits per heavy atom. The zero-order chi connectivity index (χ0) is 26.2. The van der Waals surface area contributed by atoms with Crippen molar-refractivity contribution in [2.45, 2.75) is 51.6 Å². The van der Waals surface area contributed by atoms with Gasteiger partial charge in [0.2, 0.25) is 0 Å². The molecule has 5 rings (SSSR count). The van der Waals surface area contributed by atoms with Crippen molar-refractivity contribution in [1.82, 2.24) is 23.7 Å². The number of nitrogens with zero attached hydrogens (tertiary/aromatic N) is 5. The molecule has 1 unspecified atom stereocenters. The summed E-state index contributed by atoms with van der Waals surface area (Å²) in [5.74, 6) is -0.314. The zero-order valence-electron chi connectivity index (χ0n) is 20.6. The molecule has 0 fully saturated rings. The minimum absolute atomic E-state index is 0.0453. The van der Waals surface area contributed by atoms with Crippen LogP contribution >= 0.6 is 0 Å². The number of amides is 2. The first-order chi connectivity index (χ1) is 17.7. The number of imidazole rings is 1. The van der Waals surface area contributed by atoms with Crippen molar-refractivity contribution in [1.29, 1.82) is 0 Å². The maximum atomic E-state index is 12.7. The molecule has 2 aromatic heterocycles. The van der Waals surface area contributed by atoms with Crippen LogP contribution in [-0.2, 0) is 23.3 Å². The van der Waals surface area contributed by atoms with E-state index in [1.54, 1.807) is 37.4 Å². The van der Waals surface area contributed by atoms with Gasteiger partial charge in [0.25, 0.3) is 11.8 Å². The molecule has 0 bridgehead atoms. The summed E-state index contributed by atoms with van der Waals surface area (Å²) in [6.07, 6.45) is 7.09. The summed E-state index contributed by atoms with van der Waals surface area (Å²) in [5, 5.41) is 0. The lowest BCUT2D eigenvalue weighted by molar-refractivity contribution is 0.0648. The van der Waals surface area contributed by atoms with Crippen molar-refractivity contribution >= 4 is 22.1 Å². The van der Waals surface area contributed by atoms with E-state index in [0.717, 1.165) is 28.9 Å². The average Bonchev–Trinajstić information content (AvgIpc) is 3.38. The number of aromatic nitrogens is 3. The molecule has 1 atom stereocenters. The average molecular weight is 524 g/mol. The van der Waals surface area contributed by atoms with Gasteiger partial charge in [0, 0.05) is 18.9 Å². The first-order valence-electron chi connectivity index (χ1n) is 12.4. The highest BCUT2D eigenvalue weighted by Crippen LogP contribution is 2.34. The Balaban J connectivity index is 1.33. The highest BCUT2D eigenvalue weighted by atomic mass is 32.2. The van der Waals surface area contributed by atoms with Gasteiger partial charge in [-0.1, -0.05) is 18.2 Å². The van der Waals surface area contributed by atoms with Crippen LogP contribution in [0.15, 0.2) is 48.8 Å². The lowest BCUT2D eigenvalue weighted by Crippen LogP contribution is -2.35. The topological polar surface area (TPSA) is 126 Å². The number of hydrogen-bond donors (Lipinski definition) is 1. The summed E-state index contributed by atoms with van der Waals surface area (Å²) in [4.78, 5) is 37.8. The summed E-state index contributed by atoms with van der Waals surface area (Å²) in [6, 6.07) is 10.8. The predicted molar refractivity (Wildman–Crippen MR) is 135 cm³/mol. The van der Waals surface area contributed by atoms with Crippen molar-refractivity contribution < 1.29 is 22.6 Å². The van der Waals surface area contributed by atoms with E-state index < -0.39 is 10.3 Å². The van der Waals surface area contributed by atoms with Crippen molar-refractivity contribution in [3.05, 3.63) is 82.7 Å². The van der Waals surface area contributed by atoms with Crippen LogP contribution in [0.3, 0.4) is 0 Å². The van der Waals surface area contributed by atoms with E-state index in [0.29, 0.717) is 42.8 Å². The first-order valence-corrected chi connectivity index (χ1v) is 13.8. The molecule has 194 valence electrons. The predicted octanol–water partition coefficient (Wildman–Crippen LogP) is 3.19. The molecule has 1 aliphatic carbocycles. The molecule has 2 aliphatic rings. The van der Waals surface area contributed by atoms with Crippen LogP contribution in [0.1, 0.15) is 75.2 Å². The molecule has 1 aliphatic heterocycles. The quantitative estimate of drug-likeness (QED) is 0.258. The summed E-state index contributed by atoms with van der Waals surface area (Å²) in [5.41, 5.74) is 3.50. The molecule has 11 heteroatoms. The van der Waals surface area contributed by atoms with E-state index in [9.17, 15) is 22.6 Å². The molecule has 0 spiro atoms. The van der Waals surface area contributed by atoms with Gasteiger partial charge in [0.15, 0.2) is 0 Å². The molecule has 1 N–H and O–H groups in total. The molecule has 1 aromatic carbocycles. The van der Waals surface area contributed by atoms with Gasteiger partial charge < -0.3 is 0 Å². The summed E-state index contributed by atoms with van der Waals surface area (Å²) in [7, 11) is -4.49. The van der Waals surface area contributed by atoms with Crippen LogP contribution in [0.4, 0.5) is 0 Å². The number of carbonyl (C=O) groups excluding carboxylic acids is 2. The number of imide groups is 1. The highest BCUT2D eigenvalue weighted by Gasteiger charge is 2.35. The van der Waals surface area contributed by atoms with Crippen molar-refractivity contribution in [2.24, 2.45) is 0 Å². The second-order valence-electron chi connectivity index (χ2n) is 9.51. The molecule has 10 nitrogen and oxygen atoms in total. The summed E-state index contributed by atoms with van der Waals surface area (Å²) in [6.45, 7) is 2.75. The van der Waals surface area contributed by atoms with Gasteiger partial charge in [0.1, 0.15) is 5.82 Å². The van der Waals surface area contributed by atoms with Gasteiger partial charge in [-0.15, -0.1) is 0 Å². The van der Waals surface area contributed by atoms with Gasteiger partial charge in [-0.3, -0.25) is 28.9 Å². The van der Waals surface area contributed by atoms with Crippen LogP contribution in [0.5, 0.6) is 0 Å². The van der Waals surface area contributed by atoms with E-state index in [1.165, 1.54) is 16.7 Å². The Hall–Kier alpha value is -3.41. The molecule has 3 aromatic rings. The maximum absolute atomic E-state index is 12.7. The maximum Gasteiger partial charge on any atom is 0.364 e. The number of benzene rings is 1. The van der Waals surface area contributed by atoms with Crippen LogP contribution in [0, 0.1) is 6.92 Å². The number of carbonyl (C=O) groups is 2. The minimum Gasteiger partial charge on any atom is -0.287 e. The molecule has 0 saturated carbocycles. The standard InChI is InChI=1S/C26H29N5O5S/c1-18-16-31(37(34,35)36)23(28-18)17-29(22-12-6-8-19-9-7-13-27-24(19)22)14-4-5-15-30-25(32)20-10-2-3-11-21(20)26(30)33/h2-3,7,9-11,13,16,22H,4-6,8,12,14-15,17H2,1H3,(H,34,35,36). The van der Waals surface area contributed by atoms with Gasteiger partial charge in [0.05, 0.1) is 35.1 Å². The van der Waals surface area contributed by atoms with Crippen LogP contribution < -0.4 is 0 Å². The minimum atomic E-state index is -4.49. The van der Waals surface area contributed by atoms with Gasteiger partial charge in [-0.05, 0) is 69.3 Å². The monoisotopic (exact) mass is 523 g/mol. The van der Waals surface area contributed by atoms with Gasteiger partial charge >= 0.3 is 10.3 Å². The SMILES string of the molecule is Cc1cn(S(=O)(=O)O)c(CN(CCCCN2C(=O)c3ccccc3C2=O)C2CCCc3cccnc32)n1. The number of aryl methyl sites for hydroxylation is 2. The third-order valence-electron chi connectivity index (χ3n) is 7.02. The second-order valence-corrected chi connectivity index (χ2v) is 10.8. The molecule has 0 radical (unpaired) electrons. The van der Waals surface area contributed by atoms with Gasteiger partial charge in [-0.2, -0.15) is 8.42 Å². The Labute approximate surface area is 215 Å². The third kappa shape index (κ3) is 5.07. The lowest BCUT2D eigenvalue weighted by atomic mass is 9.90. The molecule has 2 amide bonds. The van der Waals surface area contributed by atoms with Crippen LogP contribution in [0.25, 0.3) is 0 Å². The van der Waals surface area contributed by atoms with E-state index in [4.69, 9.17) is 0 Å². The van der Waals surface area contributed by atoms with Crippen LogP contribution in [-0.4, -0.2) is 61.6 Å². The number of rotatable bonds is 9. The fourth-order valence-electron chi connectivity index (χ4n) is 5.32. The number of unbranched alkanes of at least 4 members (excludes halogenated alkanes) is 1. The summed E-state index contributed by atoms with van der Waals surface area (Å²) < 4.78 is 34.5. The largest absolute Gasteiger partial charge is 0.364 e. The molecule has 3 heterocycles. The number of hydrogen-bond acceptors (Lipinski definition) is 7. The first kappa shape index (κ1) is 25.2. The fourth-order valence-corrected chi connectivity index (χ4v) is 5.98. The highest BCUT2D eigenvalue weighted by molar-refractivity contribution is 7.84. The lowest BCUT2D eigenvalue weighted by Gasteiger charge is -2.35. The van der Waals surface area contributed by atoms with E-state index in [-0.39, 0.29) is 30.2 Å². The molecular formula is C26H29N5O5S. The van der Waals surface area contributed by atoms with Crippen molar-refractivity contribution in [3.63, 3.8) is 0 Å². The Kier molecular flexibility index (Phi) is 6.93. The number of pyridine rings is 1. The van der Waals surface area contributed by atoms with Crippen molar-refractivity contribution in [2.75, 3.05) is 13.1 Å². The van der Waals surface area contributed by atoms with E-state index in [2.05, 4.69) is 20.9 Å². The van der Waals surface area contributed by atoms with Crippen LogP contribution in [0.2, 0.25) is 0 Å². The van der Waals surface area contributed by atoms with E-state index >= 15 is 0 Å². The summed E-state index contributed by atoms with van der Waals surface area (Å²) >= 11 is 0. The normalized spacial score (nSPS) is 17.4. The Bertz CT molecular complexity index is 1420. The smallest absolute Gasteiger partial charge is 0.287 e. The number of fused-ring (bicyclic) bond motifs is 2. The van der Waals surface area contributed by atoms with E-state index in [1.807, 2.05) is 6.07 Å². The Morgan fingerprint density at radius 2 is 1.81 bits per heavy atom. The zero-order valence-corrected chi connectivity index (χ0v) is 21.4. The fraction of sp³-hybridized carbons (Fsp3) is 0.385. The Morgan fingerprint density at radius 1 is 1.08 bits per heavy atom. The molecular weight excluding hydrogens is 494 g/mol. The van der Waals surface area contributed by atoms with Gasteiger partial charge in [-0.25, -0.2) is 8.96 Å². The molecule has 37 heavy (non-hydrogen) atoms.